The number of hydrogen-bond acceptors (Lipinski definition) is 8. The van der Waals surface area contributed by atoms with Gasteiger partial charge in [0, 0.05) is 44.6 Å². The maximum Gasteiger partial charge on any atom is 0.414 e. The van der Waals surface area contributed by atoms with Crippen molar-refractivity contribution in [2.24, 2.45) is 7.05 Å². The Labute approximate surface area is 213 Å². The van der Waals surface area contributed by atoms with Gasteiger partial charge in [0.15, 0.2) is 5.58 Å². The standard InChI is InChI=1S/C24H30ClN5O6/c1-6-16-10-15(8-9-35-16)30(24(32)34-7-2)21-20-18(36-22(21)23(31)29(4)33-5)11-17(25)19(27-20)14-12-26-28(3)13-14/h11-13,15-16H,6-10H2,1-5H3. The second-order valence-corrected chi connectivity index (χ2v) is 8.89. The summed E-state index contributed by atoms with van der Waals surface area (Å²) < 4.78 is 18.9. The summed E-state index contributed by atoms with van der Waals surface area (Å²) in [5, 5.41) is 5.54. The number of halogens is 1. The van der Waals surface area contributed by atoms with Crippen molar-refractivity contribution in [1.82, 2.24) is 19.8 Å². The summed E-state index contributed by atoms with van der Waals surface area (Å²) >= 11 is 6.56. The van der Waals surface area contributed by atoms with Crippen molar-refractivity contribution < 1.29 is 28.3 Å². The molecule has 1 aliphatic rings. The quantitative estimate of drug-likeness (QED) is 0.421. The Kier molecular flexibility index (Phi) is 7.82. The van der Waals surface area contributed by atoms with Crippen molar-refractivity contribution in [2.75, 3.05) is 32.3 Å². The van der Waals surface area contributed by atoms with E-state index < -0.39 is 12.0 Å². The fourth-order valence-electron chi connectivity index (χ4n) is 4.32. The number of nitrogens with zero attached hydrogens (tertiary/aromatic N) is 5. The number of hydroxylamine groups is 2. The Balaban J connectivity index is 1.97. The number of carbonyl (C=O) groups excluding carboxylic acids is 2. The summed E-state index contributed by atoms with van der Waals surface area (Å²) in [6, 6.07) is 1.28. The Morgan fingerprint density at radius 2 is 2.11 bits per heavy atom. The Morgan fingerprint density at radius 3 is 2.75 bits per heavy atom. The molecule has 4 rings (SSSR count). The molecule has 0 bridgehead atoms. The van der Waals surface area contributed by atoms with E-state index in [2.05, 4.69) is 5.10 Å². The van der Waals surface area contributed by atoms with Crippen LogP contribution in [-0.2, 0) is 21.4 Å². The van der Waals surface area contributed by atoms with E-state index in [1.54, 1.807) is 37.1 Å². The molecule has 1 fully saturated rings. The summed E-state index contributed by atoms with van der Waals surface area (Å²) in [5.41, 5.74) is 1.89. The summed E-state index contributed by atoms with van der Waals surface area (Å²) in [4.78, 5) is 38.1. The van der Waals surface area contributed by atoms with Gasteiger partial charge in [-0.3, -0.25) is 19.2 Å². The van der Waals surface area contributed by atoms with E-state index in [1.165, 1.54) is 19.1 Å². The third-order valence-electron chi connectivity index (χ3n) is 6.19. The van der Waals surface area contributed by atoms with Gasteiger partial charge in [-0.15, -0.1) is 0 Å². The average Bonchev–Trinajstić information content (AvgIpc) is 3.46. The fraction of sp³-hybridized carbons (Fsp3) is 0.500. The van der Waals surface area contributed by atoms with Crippen LogP contribution in [0.4, 0.5) is 10.5 Å². The zero-order valence-electron chi connectivity index (χ0n) is 21.0. The van der Waals surface area contributed by atoms with Crippen LogP contribution in [0.25, 0.3) is 22.4 Å². The van der Waals surface area contributed by atoms with E-state index in [4.69, 9.17) is 35.3 Å². The van der Waals surface area contributed by atoms with E-state index in [1.807, 2.05) is 6.92 Å². The molecule has 36 heavy (non-hydrogen) atoms. The van der Waals surface area contributed by atoms with Gasteiger partial charge in [-0.05, 0) is 26.2 Å². The molecule has 0 spiro atoms. The van der Waals surface area contributed by atoms with Crippen LogP contribution in [0.5, 0.6) is 0 Å². The number of rotatable bonds is 7. The van der Waals surface area contributed by atoms with Crippen LogP contribution in [0.2, 0.25) is 5.02 Å². The van der Waals surface area contributed by atoms with Gasteiger partial charge in [-0.25, -0.2) is 14.8 Å². The van der Waals surface area contributed by atoms with Gasteiger partial charge in [0.05, 0.1) is 36.7 Å². The fourth-order valence-corrected chi connectivity index (χ4v) is 4.57. The molecule has 4 heterocycles. The topological polar surface area (TPSA) is 112 Å². The number of carbonyl (C=O) groups is 2. The first kappa shape index (κ1) is 25.9. The van der Waals surface area contributed by atoms with Gasteiger partial charge in [0.1, 0.15) is 11.2 Å². The minimum Gasteiger partial charge on any atom is -0.449 e. The maximum absolute atomic E-state index is 13.4. The van der Waals surface area contributed by atoms with Crippen LogP contribution in [-0.4, -0.2) is 71.3 Å². The van der Waals surface area contributed by atoms with Crippen molar-refractivity contribution in [3.63, 3.8) is 0 Å². The lowest BCUT2D eigenvalue weighted by Gasteiger charge is -2.36. The molecule has 0 N–H and O–H groups in total. The first-order valence-electron chi connectivity index (χ1n) is 11.8. The highest BCUT2D eigenvalue weighted by atomic mass is 35.5. The lowest BCUT2D eigenvalue weighted by molar-refractivity contribution is -0.0772. The summed E-state index contributed by atoms with van der Waals surface area (Å²) in [7, 11) is 4.61. The number of amides is 2. The molecule has 12 heteroatoms. The molecule has 2 atom stereocenters. The largest absolute Gasteiger partial charge is 0.449 e. The molecule has 0 radical (unpaired) electrons. The van der Waals surface area contributed by atoms with Gasteiger partial charge in [0.2, 0.25) is 5.76 Å². The number of aryl methyl sites for hydroxylation is 1. The van der Waals surface area contributed by atoms with Crippen molar-refractivity contribution in [3.05, 3.63) is 29.2 Å². The van der Waals surface area contributed by atoms with Gasteiger partial charge in [-0.1, -0.05) is 18.5 Å². The molecule has 194 valence electrons. The third kappa shape index (κ3) is 4.91. The predicted molar refractivity (Wildman–Crippen MR) is 133 cm³/mol. The summed E-state index contributed by atoms with van der Waals surface area (Å²) in [5.74, 6) is -0.688. The zero-order chi connectivity index (χ0) is 26.0. The van der Waals surface area contributed by atoms with Crippen molar-refractivity contribution >= 4 is 40.4 Å². The van der Waals surface area contributed by atoms with Crippen LogP contribution in [0.3, 0.4) is 0 Å². The van der Waals surface area contributed by atoms with E-state index in [9.17, 15) is 9.59 Å². The number of hydrogen-bond donors (Lipinski definition) is 0. The highest BCUT2D eigenvalue weighted by Gasteiger charge is 2.39. The van der Waals surface area contributed by atoms with Crippen LogP contribution < -0.4 is 4.90 Å². The zero-order valence-corrected chi connectivity index (χ0v) is 21.7. The molecule has 3 aromatic heterocycles. The van der Waals surface area contributed by atoms with Crippen molar-refractivity contribution in [1.29, 1.82) is 0 Å². The second kappa shape index (κ2) is 10.9. The highest BCUT2D eigenvalue weighted by Crippen LogP contribution is 2.40. The predicted octanol–water partition coefficient (Wildman–Crippen LogP) is 4.44. The second-order valence-electron chi connectivity index (χ2n) is 8.48. The maximum atomic E-state index is 13.4. The number of aromatic nitrogens is 3. The number of ether oxygens (including phenoxy) is 2. The average molecular weight is 520 g/mol. The van der Waals surface area contributed by atoms with Crippen LogP contribution in [0, 0.1) is 0 Å². The molecule has 0 aliphatic carbocycles. The van der Waals surface area contributed by atoms with Crippen LogP contribution in [0.1, 0.15) is 43.7 Å². The molecule has 0 saturated carbocycles. The number of fused-ring (bicyclic) bond motifs is 1. The Morgan fingerprint density at radius 1 is 1.33 bits per heavy atom. The van der Waals surface area contributed by atoms with E-state index in [-0.39, 0.29) is 35.8 Å². The van der Waals surface area contributed by atoms with Crippen molar-refractivity contribution in [3.8, 4) is 11.3 Å². The summed E-state index contributed by atoms with van der Waals surface area (Å²) in [6.07, 6.45) is 4.69. The Hall–Kier alpha value is -3.15. The normalized spacial score (nSPS) is 17.8. The number of anilines is 1. The summed E-state index contributed by atoms with van der Waals surface area (Å²) in [6.45, 7) is 4.39. The smallest absolute Gasteiger partial charge is 0.414 e. The van der Waals surface area contributed by atoms with Crippen LogP contribution in [0.15, 0.2) is 22.9 Å². The number of pyridine rings is 1. The molecule has 2 unspecified atom stereocenters. The Bertz CT molecular complexity index is 1260. The molecule has 0 aromatic carbocycles. The molecule has 1 saturated heterocycles. The van der Waals surface area contributed by atoms with Gasteiger partial charge in [0.25, 0.3) is 0 Å². The first-order chi connectivity index (χ1) is 17.3. The lowest BCUT2D eigenvalue weighted by atomic mass is 9.99. The van der Waals surface area contributed by atoms with Crippen LogP contribution >= 0.6 is 11.6 Å². The highest BCUT2D eigenvalue weighted by molar-refractivity contribution is 6.33. The van der Waals surface area contributed by atoms with E-state index in [0.717, 1.165) is 11.5 Å². The molecular weight excluding hydrogens is 490 g/mol. The van der Waals surface area contributed by atoms with Gasteiger partial charge < -0.3 is 13.9 Å². The van der Waals surface area contributed by atoms with E-state index >= 15 is 0 Å². The van der Waals surface area contributed by atoms with Gasteiger partial charge >= 0.3 is 12.0 Å². The number of furan rings is 1. The van der Waals surface area contributed by atoms with E-state index in [0.29, 0.717) is 41.2 Å². The molecule has 2 amide bonds. The van der Waals surface area contributed by atoms with Crippen molar-refractivity contribution in [2.45, 2.75) is 45.3 Å². The SMILES string of the molecule is CCOC(=O)N(c1c(C(=O)N(C)OC)oc2cc(Cl)c(-c3cnn(C)c3)nc12)C1CCOC(CC)C1. The molecule has 11 nitrogen and oxygen atoms in total. The first-order valence-corrected chi connectivity index (χ1v) is 12.2. The monoisotopic (exact) mass is 519 g/mol. The minimum atomic E-state index is -0.601. The lowest BCUT2D eigenvalue weighted by Crippen LogP contribution is -2.47. The molecule has 1 aliphatic heterocycles. The molecule has 3 aromatic rings. The minimum absolute atomic E-state index is 0.0343. The molecular formula is C24H30ClN5O6. The van der Waals surface area contributed by atoms with Gasteiger partial charge in [-0.2, -0.15) is 5.10 Å². The third-order valence-corrected chi connectivity index (χ3v) is 6.48.